The van der Waals surface area contributed by atoms with Crippen LogP contribution in [0.15, 0.2) is 0 Å². The molecule has 4 unspecified atom stereocenters. The van der Waals surface area contributed by atoms with E-state index in [9.17, 15) is 0 Å². The van der Waals surface area contributed by atoms with E-state index < -0.39 is 0 Å². The van der Waals surface area contributed by atoms with Gasteiger partial charge in [-0.3, -0.25) is 0 Å². The summed E-state index contributed by atoms with van der Waals surface area (Å²) in [6.07, 6.45) is 12.0. The molecule has 1 saturated carbocycles. The van der Waals surface area contributed by atoms with Crippen LogP contribution in [0.4, 0.5) is 0 Å². The van der Waals surface area contributed by atoms with E-state index in [1.807, 2.05) is 0 Å². The maximum atomic E-state index is 6.13. The Kier molecular flexibility index (Phi) is 8.11. The van der Waals surface area contributed by atoms with Crippen molar-refractivity contribution in [3.63, 3.8) is 0 Å². The lowest BCUT2D eigenvalue weighted by Crippen LogP contribution is -2.32. The van der Waals surface area contributed by atoms with Crippen molar-refractivity contribution in [2.45, 2.75) is 99.0 Å². The first-order chi connectivity index (χ1) is 11.4. The van der Waals surface area contributed by atoms with Crippen LogP contribution in [0.5, 0.6) is 0 Å². The third-order valence-corrected chi connectivity index (χ3v) is 7.54. The minimum atomic E-state index is 0.517. The molecule has 2 fully saturated rings. The Balaban J connectivity index is 1.66. The Labute approximate surface area is 152 Å². The van der Waals surface area contributed by atoms with Crippen LogP contribution in [-0.4, -0.2) is 12.7 Å². The predicted molar refractivity (Wildman–Crippen MR) is 105 cm³/mol. The molecule has 1 nitrogen and oxygen atoms in total. The third-order valence-electron chi connectivity index (χ3n) is 7.54. The van der Waals surface area contributed by atoms with Gasteiger partial charge in [-0.05, 0) is 80.0 Å². The molecule has 0 amide bonds. The summed E-state index contributed by atoms with van der Waals surface area (Å²) in [5.74, 6) is 6.15. The number of hydrogen-bond acceptors (Lipinski definition) is 1. The molecular weight excluding hydrogens is 292 g/mol. The minimum absolute atomic E-state index is 0.517. The van der Waals surface area contributed by atoms with Crippen LogP contribution in [0.25, 0.3) is 0 Å². The molecule has 142 valence electrons. The smallest absolute Gasteiger partial charge is 0.0598 e. The van der Waals surface area contributed by atoms with E-state index in [0.717, 1.165) is 42.1 Å². The van der Waals surface area contributed by atoms with Gasteiger partial charge in [-0.15, -0.1) is 0 Å². The fraction of sp³-hybridized carbons (Fsp3) is 1.00. The van der Waals surface area contributed by atoms with Crippen LogP contribution in [0.1, 0.15) is 92.9 Å². The Hall–Kier alpha value is -0.0400. The highest BCUT2D eigenvalue weighted by Gasteiger charge is 2.29. The second kappa shape index (κ2) is 9.60. The molecule has 1 heteroatoms. The summed E-state index contributed by atoms with van der Waals surface area (Å²) in [6.45, 7) is 15.4. The van der Waals surface area contributed by atoms with E-state index in [1.165, 1.54) is 51.4 Å². The highest BCUT2D eigenvalue weighted by Crippen LogP contribution is 2.39. The van der Waals surface area contributed by atoms with E-state index in [0.29, 0.717) is 12.0 Å². The van der Waals surface area contributed by atoms with E-state index >= 15 is 0 Å². The van der Waals surface area contributed by atoms with E-state index in [1.54, 1.807) is 0 Å². The van der Waals surface area contributed by atoms with Crippen molar-refractivity contribution in [2.75, 3.05) is 6.61 Å². The second-order valence-electron chi connectivity index (χ2n) is 9.90. The lowest BCUT2D eigenvalue weighted by atomic mass is 9.71. The number of ether oxygens (including phenoxy) is 1. The maximum Gasteiger partial charge on any atom is 0.0598 e. The molecule has 0 radical (unpaired) electrons. The molecule has 0 spiro atoms. The monoisotopic (exact) mass is 336 g/mol. The molecule has 1 saturated heterocycles. The summed E-state index contributed by atoms with van der Waals surface area (Å²) < 4.78 is 6.13. The molecule has 0 bridgehead atoms. The lowest BCUT2D eigenvalue weighted by molar-refractivity contribution is -0.0528. The third kappa shape index (κ3) is 5.75. The van der Waals surface area contributed by atoms with Gasteiger partial charge in [0.1, 0.15) is 0 Å². The topological polar surface area (TPSA) is 9.23 Å². The first kappa shape index (κ1) is 20.3. The molecule has 0 aromatic carbocycles. The van der Waals surface area contributed by atoms with Gasteiger partial charge in [0, 0.05) is 0 Å². The van der Waals surface area contributed by atoms with Crippen LogP contribution in [0.2, 0.25) is 0 Å². The Bertz CT molecular complexity index is 298. The fourth-order valence-corrected chi connectivity index (χ4v) is 5.14. The normalized spacial score (nSPS) is 34.5. The van der Waals surface area contributed by atoms with Crippen molar-refractivity contribution in [3.05, 3.63) is 0 Å². The molecule has 0 N–H and O–H groups in total. The summed E-state index contributed by atoms with van der Waals surface area (Å²) in [4.78, 5) is 0. The standard InChI is InChI=1S/C23H44O/c1-16(2)20-9-11-21(12-10-20)18(5)7-8-19(6)22-13-14-23(17(3)4)24-15-22/h16-23H,7-15H2,1-6H3. The summed E-state index contributed by atoms with van der Waals surface area (Å²) in [6, 6.07) is 0. The van der Waals surface area contributed by atoms with Gasteiger partial charge in [0.2, 0.25) is 0 Å². The maximum absolute atomic E-state index is 6.13. The van der Waals surface area contributed by atoms with Gasteiger partial charge in [-0.2, -0.15) is 0 Å². The van der Waals surface area contributed by atoms with Gasteiger partial charge < -0.3 is 4.74 Å². The van der Waals surface area contributed by atoms with Crippen molar-refractivity contribution < 1.29 is 4.74 Å². The number of hydrogen-bond donors (Lipinski definition) is 0. The van der Waals surface area contributed by atoms with Crippen LogP contribution in [0, 0.1) is 41.4 Å². The summed E-state index contributed by atoms with van der Waals surface area (Å²) in [7, 11) is 0. The summed E-state index contributed by atoms with van der Waals surface area (Å²) in [5, 5.41) is 0. The quantitative estimate of drug-likeness (QED) is 0.488. The van der Waals surface area contributed by atoms with Crippen LogP contribution in [-0.2, 0) is 4.74 Å². The highest BCUT2D eigenvalue weighted by atomic mass is 16.5. The molecular formula is C23H44O. The van der Waals surface area contributed by atoms with Crippen LogP contribution in [0.3, 0.4) is 0 Å². The number of rotatable bonds is 7. The Morgan fingerprint density at radius 2 is 1.12 bits per heavy atom. The van der Waals surface area contributed by atoms with Crippen molar-refractivity contribution in [1.29, 1.82) is 0 Å². The molecule has 1 aliphatic heterocycles. The SMILES string of the molecule is CC(C)C1CCC(C(C)CCC(C)C2CCC(C(C)C)OC2)CC1. The molecule has 2 aliphatic rings. The van der Waals surface area contributed by atoms with Gasteiger partial charge >= 0.3 is 0 Å². The zero-order valence-corrected chi connectivity index (χ0v) is 17.4. The first-order valence-electron chi connectivity index (χ1n) is 11.0. The molecule has 1 aliphatic carbocycles. The zero-order valence-electron chi connectivity index (χ0n) is 17.4. The van der Waals surface area contributed by atoms with Gasteiger partial charge in [-0.25, -0.2) is 0 Å². The highest BCUT2D eigenvalue weighted by molar-refractivity contribution is 4.80. The van der Waals surface area contributed by atoms with Gasteiger partial charge in [0.25, 0.3) is 0 Å². The molecule has 4 atom stereocenters. The molecule has 2 rings (SSSR count). The van der Waals surface area contributed by atoms with Crippen molar-refractivity contribution in [1.82, 2.24) is 0 Å². The van der Waals surface area contributed by atoms with Gasteiger partial charge in [-0.1, -0.05) is 54.4 Å². The molecule has 1 heterocycles. The summed E-state index contributed by atoms with van der Waals surface area (Å²) >= 11 is 0. The van der Waals surface area contributed by atoms with E-state index in [2.05, 4.69) is 41.5 Å². The Morgan fingerprint density at radius 3 is 1.58 bits per heavy atom. The largest absolute Gasteiger partial charge is 0.378 e. The Morgan fingerprint density at radius 1 is 0.625 bits per heavy atom. The zero-order chi connectivity index (χ0) is 17.7. The molecule has 0 aromatic rings. The average Bonchev–Trinajstić information content (AvgIpc) is 2.59. The lowest BCUT2D eigenvalue weighted by Gasteiger charge is -2.36. The van der Waals surface area contributed by atoms with Crippen LogP contribution < -0.4 is 0 Å². The molecule has 0 aromatic heterocycles. The predicted octanol–water partition coefficient (Wildman–Crippen LogP) is 6.95. The van der Waals surface area contributed by atoms with Gasteiger partial charge in [0.15, 0.2) is 0 Å². The molecule has 24 heavy (non-hydrogen) atoms. The minimum Gasteiger partial charge on any atom is -0.378 e. The van der Waals surface area contributed by atoms with Crippen molar-refractivity contribution >= 4 is 0 Å². The van der Waals surface area contributed by atoms with Crippen molar-refractivity contribution in [2.24, 2.45) is 41.4 Å². The van der Waals surface area contributed by atoms with Crippen LogP contribution >= 0.6 is 0 Å². The summed E-state index contributed by atoms with van der Waals surface area (Å²) in [5.41, 5.74) is 0. The second-order valence-corrected chi connectivity index (χ2v) is 9.90. The van der Waals surface area contributed by atoms with E-state index in [-0.39, 0.29) is 0 Å². The fourth-order valence-electron chi connectivity index (χ4n) is 5.14. The van der Waals surface area contributed by atoms with Crippen molar-refractivity contribution in [3.8, 4) is 0 Å². The van der Waals surface area contributed by atoms with Gasteiger partial charge in [0.05, 0.1) is 12.7 Å². The first-order valence-corrected chi connectivity index (χ1v) is 11.0. The van der Waals surface area contributed by atoms with E-state index in [4.69, 9.17) is 4.74 Å². The average molecular weight is 337 g/mol.